The molecule has 3 aromatic carbocycles. The van der Waals surface area contributed by atoms with Crippen LogP contribution in [0.3, 0.4) is 0 Å². The van der Waals surface area contributed by atoms with E-state index in [9.17, 15) is 27.6 Å². The van der Waals surface area contributed by atoms with Crippen molar-refractivity contribution in [2.75, 3.05) is 54.8 Å². The molecule has 4 aliphatic heterocycles. The second kappa shape index (κ2) is 20.2. The van der Waals surface area contributed by atoms with Crippen LogP contribution < -0.4 is 30.9 Å². The molecule has 4 amide bonds. The molecule has 4 N–H and O–H groups in total. The molecule has 5 heterocycles. The lowest BCUT2D eigenvalue weighted by atomic mass is 9.85. The summed E-state index contributed by atoms with van der Waals surface area (Å²) < 4.78 is 32.6. The molecule has 0 aliphatic carbocycles. The summed E-state index contributed by atoms with van der Waals surface area (Å²) in [7, 11) is -3.58. The topological polar surface area (TPSA) is 195 Å². The number of likely N-dealkylation sites (tertiary alicyclic amines) is 2. The third-order valence-electron chi connectivity index (χ3n) is 13.3. The van der Waals surface area contributed by atoms with Crippen molar-refractivity contribution in [2.24, 2.45) is 5.92 Å². The largest absolute Gasteiger partial charge is 0.489 e. The Bertz CT molecular complexity index is 2610. The van der Waals surface area contributed by atoms with Crippen LogP contribution in [0.1, 0.15) is 93.6 Å². The van der Waals surface area contributed by atoms with Gasteiger partial charge in [-0.3, -0.25) is 24.5 Å². The fraction of sp³-hybridized carbons (Fsp3) is 0.469. The van der Waals surface area contributed by atoms with Crippen molar-refractivity contribution in [3.8, 4) is 5.75 Å². The molecule has 4 fully saturated rings. The second-order valence-electron chi connectivity index (χ2n) is 18.6. The predicted molar refractivity (Wildman–Crippen MR) is 258 cm³/mol. The van der Waals surface area contributed by atoms with E-state index in [0.29, 0.717) is 47.7 Å². The van der Waals surface area contributed by atoms with Gasteiger partial charge < -0.3 is 35.4 Å². The number of amides is 4. The molecule has 1 atom stereocenters. The van der Waals surface area contributed by atoms with E-state index in [2.05, 4.69) is 60.1 Å². The second-order valence-corrected chi connectivity index (χ2v) is 21.5. The molecule has 4 aromatic rings. The molecular formula is C49H60ClN9O7S. The molecule has 0 saturated carbocycles. The molecule has 16 nitrogen and oxygen atoms in total. The molecule has 0 bridgehead atoms. The number of nitrogens with one attached hydrogen (secondary N) is 4. The van der Waals surface area contributed by atoms with E-state index in [4.69, 9.17) is 16.3 Å². The number of imide groups is 1. The minimum Gasteiger partial charge on any atom is -0.489 e. The first-order chi connectivity index (χ1) is 32.0. The number of anilines is 5. The Hall–Kier alpha value is -5.78. The number of halogens is 1. The van der Waals surface area contributed by atoms with E-state index in [-0.39, 0.29) is 64.3 Å². The molecular weight excluding hydrogens is 894 g/mol. The van der Waals surface area contributed by atoms with Gasteiger partial charge in [0, 0.05) is 49.9 Å². The minimum absolute atomic E-state index is 0.0591. The zero-order chi connectivity index (χ0) is 47.6. The van der Waals surface area contributed by atoms with Crippen molar-refractivity contribution >= 4 is 73.9 Å². The lowest BCUT2D eigenvalue weighted by Crippen LogP contribution is -2.57. The summed E-state index contributed by atoms with van der Waals surface area (Å²) in [6.45, 7) is 14.1. The number of benzene rings is 3. The van der Waals surface area contributed by atoms with Gasteiger partial charge in [-0.2, -0.15) is 4.98 Å². The van der Waals surface area contributed by atoms with Gasteiger partial charge in [0.05, 0.1) is 39.7 Å². The van der Waals surface area contributed by atoms with Crippen LogP contribution in [0.4, 0.5) is 28.8 Å². The van der Waals surface area contributed by atoms with Crippen LogP contribution in [-0.4, -0.2) is 115 Å². The third kappa shape index (κ3) is 10.8. The van der Waals surface area contributed by atoms with E-state index in [0.717, 1.165) is 63.1 Å². The van der Waals surface area contributed by atoms with Crippen LogP contribution in [0, 0.1) is 12.8 Å². The SMILES string of the molecule is Cc1cc(Nc2ncc(Cl)c(Nc3ccccc3S(=O)(=O)C(C)C)n2)c(OC(C)C)cc1C1CCN(C2CCN(C(=O)C3CN(c4ccc(C(=O)NC5CCC(=O)NC5=O)cc4)C3)CC2)CC1. The monoisotopic (exact) mass is 953 g/mol. The summed E-state index contributed by atoms with van der Waals surface area (Å²) >= 11 is 6.53. The number of piperidine rings is 3. The molecule has 1 aromatic heterocycles. The fourth-order valence-corrected chi connectivity index (χ4v) is 10.8. The summed E-state index contributed by atoms with van der Waals surface area (Å²) in [6, 6.07) is 17.8. The lowest BCUT2D eigenvalue weighted by Gasteiger charge is -2.45. The zero-order valence-electron chi connectivity index (χ0n) is 38.7. The van der Waals surface area contributed by atoms with Crippen molar-refractivity contribution in [3.05, 3.63) is 88.6 Å². The number of sulfone groups is 1. The lowest BCUT2D eigenvalue weighted by molar-refractivity contribution is -0.138. The van der Waals surface area contributed by atoms with Gasteiger partial charge in [-0.05, 0) is 145 Å². The molecule has 67 heavy (non-hydrogen) atoms. The summed E-state index contributed by atoms with van der Waals surface area (Å²) in [6.07, 6.45) is 5.80. The average Bonchev–Trinajstić information content (AvgIpc) is 3.29. The Morgan fingerprint density at radius 2 is 1.58 bits per heavy atom. The number of carbonyl (C=O) groups excluding carboxylic acids is 4. The number of aromatic nitrogens is 2. The number of hydrogen-bond donors (Lipinski definition) is 4. The third-order valence-corrected chi connectivity index (χ3v) is 15.8. The van der Waals surface area contributed by atoms with Crippen LogP contribution in [0.2, 0.25) is 5.02 Å². The van der Waals surface area contributed by atoms with Crippen LogP contribution in [0.5, 0.6) is 5.75 Å². The number of hydrogen-bond acceptors (Lipinski definition) is 13. The summed E-state index contributed by atoms with van der Waals surface area (Å²) in [5.74, 6) is 0.557. The summed E-state index contributed by atoms with van der Waals surface area (Å²) in [5, 5.41) is 11.1. The van der Waals surface area contributed by atoms with Gasteiger partial charge in [-0.25, -0.2) is 13.4 Å². The summed E-state index contributed by atoms with van der Waals surface area (Å²) in [4.78, 5) is 65.8. The highest BCUT2D eigenvalue weighted by Crippen LogP contribution is 2.40. The highest BCUT2D eigenvalue weighted by Gasteiger charge is 2.38. The van der Waals surface area contributed by atoms with Crippen molar-refractivity contribution < 1.29 is 32.3 Å². The van der Waals surface area contributed by atoms with Crippen LogP contribution in [-0.2, 0) is 24.2 Å². The number of rotatable bonds is 14. The maximum Gasteiger partial charge on any atom is 0.251 e. The maximum atomic E-state index is 13.6. The molecule has 8 rings (SSSR count). The van der Waals surface area contributed by atoms with Crippen LogP contribution in [0.15, 0.2) is 71.8 Å². The first kappa shape index (κ1) is 47.7. The van der Waals surface area contributed by atoms with E-state index >= 15 is 0 Å². The molecule has 0 spiro atoms. The first-order valence-electron chi connectivity index (χ1n) is 23.3. The minimum atomic E-state index is -3.58. The first-order valence-corrected chi connectivity index (χ1v) is 25.2. The maximum absolute atomic E-state index is 13.6. The van der Waals surface area contributed by atoms with E-state index in [1.54, 1.807) is 50.2 Å². The molecule has 0 radical (unpaired) electrons. The predicted octanol–water partition coefficient (Wildman–Crippen LogP) is 6.74. The van der Waals surface area contributed by atoms with E-state index < -0.39 is 27.0 Å². The highest BCUT2D eigenvalue weighted by atomic mass is 35.5. The zero-order valence-corrected chi connectivity index (χ0v) is 40.3. The van der Waals surface area contributed by atoms with Gasteiger partial charge in [0.15, 0.2) is 15.7 Å². The van der Waals surface area contributed by atoms with E-state index in [1.165, 1.54) is 11.8 Å². The molecule has 4 saturated heterocycles. The molecule has 18 heteroatoms. The van der Waals surface area contributed by atoms with Crippen molar-refractivity contribution in [1.82, 2.24) is 30.4 Å². The Balaban J connectivity index is 0.822. The van der Waals surface area contributed by atoms with E-state index in [1.807, 2.05) is 30.9 Å². The van der Waals surface area contributed by atoms with Crippen molar-refractivity contribution in [1.29, 1.82) is 0 Å². The normalized spacial score (nSPS) is 19.0. The standard InChI is InChI=1S/C49H60ClN9O7S/c1-29(2)66-42-25-37(31(5)24-41(42)54-49-51-26-38(50)45(56-49)52-39-8-6-7-9-43(39)67(64,65)30(3)4)32-16-20-57(21-17-32)36-18-22-58(23-19-36)48(63)34-27-59(28-34)35-12-10-33(11-13-35)46(61)53-40-14-15-44(60)55-47(40)62/h6-13,24-26,29-30,32,34,36,40H,14-23,27-28H2,1-5H3,(H,53,61)(H,55,60,62)(H2,51,52,54,56). The van der Waals surface area contributed by atoms with Crippen LogP contribution >= 0.6 is 11.6 Å². The van der Waals surface area contributed by atoms with Gasteiger partial charge >= 0.3 is 0 Å². The van der Waals surface area contributed by atoms with Gasteiger partial charge in [0.1, 0.15) is 16.8 Å². The van der Waals surface area contributed by atoms with Gasteiger partial charge in [0.2, 0.25) is 23.7 Å². The molecule has 356 valence electrons. The highest BCUT2D eigenvalue weighted by molar-refractivity contribution is 7.92. The average molecular weight is 955 g/mol. The Labute approximate surface area is 397 Å². The Kier molecular flexibility index (Phi) is 14.4. The molecule has 1 unspecified atom stereocenters. The number of aryl methyl sites for hydroxylation is 1. The number of nitrogens with zero attached hydrogens (tertiary/aromatic N) is 5. The van der Waals surface area contributed by atoms with Gasteiger partial charge in [-0.15, -0.1) is 0 Å². The van der Waals surface area contributed by atoms with Crippen molar-refractivity contribution in [3.63, 3.8) is 0 Å². The van der Waals surface area contributed by atoms with Gasteiger partial charge in [0.25, 0.3) is 5.91 Å². The van der Waals surface area contributed by atoms with Gasteiger partial charge in [-0.1, -0.05) is 23.7 Å². The van der Waals surface area contributed by atoms with Crippen LogP contribution in [0.25, 0.3) is 0 Å². The number of para-hydroxylation sites is 1. The Morgan fingerprint density at radius 3 is 2.25 bits per heavy atom. The smallest absolute Gasteiger partial charge is 0.251 e. The number of carbonyl (C=O) groups is 4. The quantitative estimate of drug-likeness (QED) is 0.0973. The fourth-order valence-electron chi connectivity index (χ4n) is 9.45. The Morgan fingerprint density at radius 1 is 0.881 bits per heavy atom. The summed E-state index contributed by atoms with van der Waals surface area (Å²) in [5.41, 5.74) is 4.84. The van der Waals surface area contributed by atoms with Crippen molar-refractivity contribution in [2.45, 2.75) is 107 Å². The number of ether oxygens (including phenoxy) is 1. The molecule has 4 aliphatic rings.